The van der Waals surface area contributed by atoms with Gasteiger partial charge in [0, 0.05) is 34.4 Å². The summed E-state index contributed by atoms with van der Waals surface area (Å²) in [4.78, 5) is 4.95. The molecule has 2 atom stereocenters. The SMILES string of the molecule is C1=CCC(c2ccc(N(c3ccccc3)c3ccc4c(-c5cccc(-c6ccccc6)c5)c5cc(N(c6ccccc6)C6C=CC(c7ccccc7)=CC6)ccc5c(-c5cccc(-c6ccccc6)c5)c4c3)cc2)C=C1. The lowest BCUT2D eigenvalue weighted by Crippen LogP contribution is -2.30. The van der Waals surface area contributed by atoms with Gasteiger partial charge in [0.05, 0.1) is 6.04 Å². The van der Waals surface area contributed by atoms with Crippen molar-refractivity contribution in [3.63, 3.8) is 0 Å². The number of allylic oxidation sites excluding steroid dienone is 6. The van der Waals surface area contributed by atoms with Crippen LogP contribution in [0.4, 0.5) is 28.4 Å². The Hall–Kier alpha value is -9.50. The predicted molar refractivity (Wildman–Crippen MR) is 324 cm³/mol. The summed E-state index contributed by atoms with van der Waals surface area (Å²) in [6, 6.07) is 96.1. The summed E-state index contributed by atoms with van der Waals surface area (Å²) < 4.78 is 0. The molecule has 0 aliphatic heterocycles. The molecule has 0 heterocycles. The van der Waals surface area contributed by atoms with E-state index in [2.05, 4.69) is 313 Å². The van der Waals surface area contributed by atoms with Gasteiger partial charge in [0.1, 0.15) is 0 Å². The minimum Gasteiger partial charge on any atom is -0.334 e. The van der Waals surface area contributed by atoms with Crippen molar-refractivity contribution in [2.45, 2.75) is 24.8 Å². The molecule has 0 radical (unpaired) electrons. The Morgan fingerprint density at radius 2 is 0.789 bits per heavy atom. The summed E-state index contributed by atoms with van der Waals surface area (Å²) in [6.45, 7) is 0. The molecule has 0 saturated heterocycles. The second-order valence-electron chi connectivity index (χ2n) is 19.9. The molecule has 2 aliphatic carbocycles. The van der Waals surface area contributed by atoms with Gasteiger partial charge in [0.15, 0.2) is 0 Å². The van der Waals surface area contributed by atoms with Crippen LogP contribution < -0.4 is 9.80 Å². The molecule has 13 rings (SSSR count). The first-order chi connectivity index (χ1) is 37.7. The first kappa shape index (κ1) is 46.3. The molecule has 2 heteroatoms. The Bertz CT molecular complexity index is 3970. The average molecular weight is 973 g/mol. The summed E-state index contributed by atoms with van der Waals surface area (Å²) in [5, 5.41) is 4.78. The fourth-order valence-corrected chi connectivity index (χ4v) is 11.6. The smallest absolute Gasteiger partial charge is 0.0560 e. The van der Waals surface area contributed by atoms with E-state index in [9.17, 15) is 0 Å². The van der Waals surface area contributed by atoms with Crippen LogP contribution >= 0.6 is 0 Å². The first-order valence-corrected chi connectivity index (χ1v) is 26.6. The van der Waals surface area contributed by atoms with Gasteiger partial charge in [-0.15, -0.1) is 0 Å². The largest absolute Gasteiger partial charge is 0.334 e. The first-order valence-electron chi connectivity index (χ1n) is 26.6. The number of hydrogen-bond acceptors (Lipinski definition) is 2. The summed E-state index contributed by atoms with van der Waals surface area (Å²) in [7, 11) is 0. The second-order valence-corrected chi connectivity index (χ2v) is 19.9. The van der Waals surface area contributed by atoms with Crippen LogP contribution in [-0.2, 0) is 0 Å². The van der Waals surface area contributed by atoms with E-state index in [4.69, 9.17) is 0 Å². The second kappa shape index (κ2) is 20.8. The molecule has 11 aromatic rings. The van der Waals surface area contributed by atoms with E-state index in [0.29, 0.717) is 5.92 Å². The van der Waals surface area contributed by atoms with Gasteiger partial charge in [0.25, 0.3) is 0 Å². The lowest BCUT2D eigenvalue weighted by molar-refractivity contribution is 0.787. The van der Waals surface area contributed by atoms with Crippen LogP contribution in [0.25, 0.3) is 71.6 Å². The van der Waals surface area contributed by atoms with Crippen molar-refractivity contribution >= 4 is 55.6 Å². The molecule has 0 spiro atoms. The van der Waals surface area contributed by atoms with Gasteiger partial charge in [-0.2, -0.15) is 0 Å². The van der Waals surface area contributed by atoms with Crippen LogP contribution in [0, 0.1) is 0 Å². The Morgan fingerprint density at radius 3 is 1.33 bits per heavy atom. The standard InChI is InChI=1S/C74H56N2/c1-7-21-53(22-8-1)57-37-41-65(42-38-57)75(63-33-15-5-16-34-63)67-45-47-69-71(51-67)73(61-31-19-29-59(49-61)55-25-11-3-12-26-55)70-48-46-68(52-72(70)74(69)62-32-20-30-60(50-62)56-27-13-4-14-28-56)76(64-35-17-6-18-36-64)66-43-39-58(40-44-66)54-23-9-2-10-24-54/h1-23,25-41,43-52,54,65H,24,42H2. The zero-order chi connectivity index (χ0) is 50.6. The van der Waals surface area contributed by atoms with E-state index >= 15 is 0 Å². The third-order valence-electron chi connectivity index (χ3n) is 15.3. The molecule has 0 amide bonds. The fourth-order valence-electron chi connectivity index (χ4n) is 11.6. The summed E-state index contributed by atoms with van der Waals surface area (Å²) in [5.74, 6) is 0.370. The Labute approximate surface area is 446 Å². The highest BCUT2D eigenvalue weighted by Crippen LogP contribution is 2.49. The third-order valence-corrected chi connectivity index (χ3v) is 15.3. The monoisotopic (exact) mass is 972 g/mol. The van der Waals surface area contributed by atoms with Gasteiger partial charge in [-0.1, -0.05) is 231 Å². The van der Waals surface area contributed by atoms with Crippen LogP contribution in [-0.4, -0.2) is 6.04 Å². The maximum atomic E-state index is 2.53. The fraction of sp³-hybridized carbons (Fsp3) is 0.0541. The van der Waals surface area contributed by atoms with Gasteiger partial charge in [-0.05, 0) is 168 Å². The molecule has 2 unspecified atom stereocenters. The Balaban J connectivity index is 1.07. The van der Waals surface area contributed by atoms with Crippen LogP contribution in [0.2, 0.25) is 0 Å². The summed E-state index contributed by atoms with van der Waals surface area (Å²) >= 11 is 0. The molecule has 11 aromatic carbocycles. The number of anilines is 5. The maximum absolute atomic E-state index is 2.53. The highest BCUT2D eigenvalue weighted by molar-refractivity contribution is 6.23. The van der Waals surface area contributed by atoms with E-state index in [0.717, 1.165) is 41.3 Å². The van der Waals surface area contributed by atoms with E-state index in [-0.39, 0.29) is 6.04 Å². The molecule has 0 bridgehead atoms. The predicted octanol–water partition coefficient (Wildman–Crippen LogP) is 20.3. The molecule has 0 N–H and O–H groups in total. The summed E-state index contributed by atoms with van der Waals surface area (Å²) in [5.41, 5.74) is 18.9. The molecule has 0 aromatic heterocycles. The topological polar surface area (TPSA) is 6.48 Å². The molecule has 0 fully saturated rings. The van der Waals surface area contributed by atoms with Crippen molar-refractivity contribution in [2.24, 2.45) is 0 Å². The number of para-hydroxylation sites is 2. The quantitative estimate of drug-likeness (QED) is 0.113. The van der Waals surface area contributed by atoms with Crippen LogP contribution in [0.3, 0.4) is 0 Å². The van der Waals surface area contributed by atoms with Crippen molar-refractivity contribution in [3.05, 3.63) is 315 Å². The molecular formula is C74H56N2. The zero-order valence-corrected chi connectivity index (χ0v) is 42.3. The Morgan fingerprint density at radius 1 is 0.316 bits per heavy atom. The number of hydrogen-bond donors (Lipinski definition) is 0. The van der Waals surface area contributed by atoms with E-state index in [1.807, 2.05) is 0 Å². The van der Waals surface area contributed by atoms with Crippen molar-refractivity contribution < 1.29 is 0 Å². The van der Waals surface area contributed by atoms with Gasteiger partial charge in [0.2, 0.25) is 0 Å². The number of fused-ring (bicyclic) bond motifs is 2. The van der Waals surface area contributed by atoms with Crippen LogP contribution in [0.1, 0.15) is 29.9 Å². The van der Waals surface area contributed by atoms with Gasteiger partial charge in [-0.25, -0.2) is 0 Å². The number of nitrogens with zero attached hydrogens (tertiary/aromatic N) is 2. The number of rotatable bonds is 12. The van der Waals surface area contributed by atoms with Crippen LogP contribution in [0.5, 0.6) is 0 Å². The lowest BCUT2D eigenvalue weighted by atomic mass is 9.84. The molecular weight excluding hydrogens is 917 g/mol. The van der Waals surface area contributed by atoms with Crippen LogP contribution in [0.15, 0.2) is 303 Å². The van der Waals surface area contributed by atoms with Gasteiger partial charge < -0.3 is 9.80 Å². The minimum absolute atomic E-state index is 0.0937. The Kier molecular flexibility index (Phi) is 12.7. The third kappa shape index (κ3) is 9.16. The maximum Gasteiger partial charge on any atom is 0.0560 e. The van der Waals surface area contributed by atoms with Crippen molar-refractivity contribution in [3.8, 4) is 44.5 Å². The minimum atomic E-state index is 0.0937. The van der Waals surface area contributed by atoms with E-state index in [1.165, 1.54) is 82.8 Å². The molecule has 76 heavy (non-hydrogen) atoms. The normalized spacial score (nSPS) is 14.9. The number of benzene rings is 11. The average Bonchev–Trinajstić information content (AvgIpc) is 3.56. The molecule has 2 nitrogen and oxygen atoms in total. The molecule has 362 valence electrons. The van der Waals surface area contributed by atoms with Gasteiger partial charge in [-0.3, -0.25) is 0 Å². The zero-order valence-electron chi connectivity index (χ0n) is 42.3. The van der Waals surface area contributed by atoms with Crippen molar-refractivity contribution in [1.82, 2.24) is 0 Å². The van der Waals surface area contributed by atoms with Gasteiger partial charge >= 0.3 is 0 Å². The van der Waals surface area contributed by atoms with E-state index < -0.39 is 0 Å². The van der Waals surface area contributed by atoms with Crippen molar-refractivity contribution in [2.75, 3.05) is 9.80 Å². The lowest BCUT2D eigenvalue weighted by Gasteiger charge is -2.34. The highest BCUT2D eigenvalue weighted by Gasteiger charge is 2.25. The molecule has 0 saturated carbocycles. The van der Waals surface area contributed by atoms with Crippen molar-refractivity contribution in [1.29, 1.82) is 0 Å². The summed E-state index contributed by atoms with van der Waals surface area (Å²) in [6.07, 6.45) is 17.9. The van der Waals surface area contributed by atoms with E-state index in [1.54, 1.807) is 0 Å². The highest BCUT2D eigenvalue weighted by atomic mass is 15.2. The molecule has 2 aliphatic rings.